The number of halogens is 1. The summed E-state index contributed by atoms with van der Waals surface area (Å²) in [4.78, 5) is 48.1. The van der Waals surface area contributed by atoms with Crippen LogP contribution < -0.4 is 10.6 Å². The molecule has 9 nitrogen and oxygen atoms in total. The number of benzene rings is 2. The molecule has 0 spiro atoms. The average molecular weight is 465 g/mol. The van der Waals surface area contributed by atoms with Gasteiger partial charge < -0.3 is 19.5 Å². The summed E-state index contributed by atoms with van der Waals surface area (Å²) >= 11 is 11.1. The van der Waals surface area contributed by atoms with E-state index in [-0.39, 0.29) is 32.4 Å². The lowest BCUT2D eigenvalue weighted by molar-refractivity contribution is 0.0587. The number of carbonyl (C=O) groups excluding carboxylic acids is 4. The zero-order valence-electron chi connectivity index (χ0n) is 16.6. The van der Waals surface area contributed by atoms with Gasteiger partial charge in [0.15, 0.2) is 5.11 Å². The molecule has 0 aliphatic heterocycles. The van der Waals surface area contributed by atoms with Gasteiger partial charge in [0, 0.05) is 11.3 Å². The Morgan fingerprint density at radius 2 is 1.32 bits per heavy atom. The molecule has 0 fully saturated rings. The monoisotopic (exact) mass is 464 g/mol. The second-order valence-corrected chi connectivity index (χ2v) is 6.69. The van der Waals surface area contributed by atoms with Crippen molar-refractivity contribution < 1.29 is 33.4 Å². The van der Waals surface area contributed by atoms with Crippen LogP contribution in [0.1, 0.15) is 41.4 Å². The van der Waals surface area contributed by atoms with Gasteiger partial charge in [-0.25, -0.2) is 14.4 Å². The van der Waals surface area contributed by atoms with Gasteiger partial charge in [-0.3, -0.25) is 10.1 Å². The van der Waals surface area contributed by atoms with Crippen LogP contribution in [0.3, 0.4) is 0 Å². The molecule has 0 saturated heterocycles. The number of carbonyl (C=O) groups is 4. The molecule has 0 heterocycles. The van der Waals surface area contributed by atoms with Crippen molar-refractivity contribution in [3.63, 3.8) is 0 Å². The molecule has 0 atom stereocenters. The fourth-order valence-electron chi connectivity index (χ4n) is 2.44. The summed E-state index contributed by atoms with van der Waals surface area (Å²) in [5, 5.41) is 5.23. The van der Waals surface area contributed by atoms with E-state index in [9.17, 15) is 19.2 Å². The van der Waals surface area contributed by atoms with Crippen LogP contribution >= 0.6 is 23.8 Å². The zero-order chi connectivity index (χ0) is 23.1. The van der Waals surface area contributed by atoms with Crippen molar-refractivity contribution in [1.29, 1.82) is 0 Å². The van der Waals surface area contributed by atoms with Crippen LogP contribution in [0.5, 0.6) is 0 Å². The predicted octanol–water partition coefficient (Wildman–Crippen LogP) is 2.83. The maximum absolute atomic E-state index is 12.6. The lowest BCUT2D eigenvalue weighted by Crippen LogP contribution is -2.34. The van der Waals surface area contributed by atoms with Crippen LogP contribution in [0.4, 0.5) is 5.69 Å². The molecule has 2 N–H and O–H groups in total. The van der Waals surface area contributed by atoms with Gasteiger partial charge in [0.1, 0.15) is 0 Å². The van der Waals surface area contributed by atoms with Gasteiger partial charge in [-0.2, -0.15) is 0 Å². The normalized spacial score (nSPS) is 9.94. The highest BCUT2D eigenvalue weighted by atomic mass is 35.5. The van der Waals surface area contributed by atoms with Crippen molar-refractivity contribution in [2.24, 2.45) is 0 Å². The largest absolute Gasteiger partial charge is 0.465 e. The quantitative estimate of drug-likeness (QED) is 0.391. The van der Waals surface area contributed by atoms with Crippen molar-refractivity contribution in [3.8, 4) is 0 Å². The molecule has 2 aromatic carbocycles. The molecule has 0 unspecified atom stereocenters. The number of thiocarbonyl (C=S) groups is 1. The molecule has 0 aliphatic rings. The highest BCUT2D eigenvalue weighted by Crippen LogP contribution is 2.21. The Morgan fingerprint density at radius 3 is 1.84 bits per heavy atom. The third-order valence-corrected chi connectivity index (χ3v) is 4.43. The van der Waals surface area contributed by atoms with Gasteiger partial charge in [-0.05, 0) is 48.6 Å². The molecule has 0 aliphatic carbocycles. The molecule has 0 saturated carbocycles. The maximum Gasteiger partial charge on any atom is 0.339 e. The van der Waals surface area contributed by atoms with Gasteiger partial charge in [0.05, 0.1) is 43.0 Å². The predicted molar refractivity (Wildman–Crippen MR) is 116 cm³/mol. The molecule has 2 aromatic rings. The number of hydrogen-bond acceptors (Lipinski definition) is 8. The van der Waals surface area contributed by atoms with Crippen LogP contribution in [0.2, 0.25) is 5.02 Å². The molecule has 0 radical (unpaired) electrons. The Hall–Kier alpha value is -3.50. The van der Waals surface area contributed by atoms with Crippen molar-refractivity contribution in [2.75, 3.05) is 26.6 Å². The summed E-state index contributed by atoms with van der Waals surface area (Å²) in [5.74, 6) is -2.82. The molecule has 1 amide bonds. The second-order valence-electron chi connectivity index (χ2n) is 5.88. The topological polar surface area (TPSA) is 120 Å². The summed E-state index contributed by atoms with van der Waals surface area (Å²) in [6.45, 7) is 0. The Morgan fingerprint density at radius 1 is 0.806 bits per heavy atom. The summed E-state index contributed by atoms with van der Waals surface area (Å²) in [6, 6.07) is 8.14. The summed E-state index contributed by atoms with van der Waals surface area (Å²) in [7, 11) is 3.55. The molecule has 0 bridgehead atoms. The standard InChI is InChI=1S/C20H17ClN2O7S/c1-28-17(25)11-6-10(7-12(8-11)18(26)29-2)16(24)23-20(31)22-13-4-5-15(21)14(9-13)19(27)30-3/h4-9H,1-3H3,(H2,22,23,24,31). The first-order valence-corrected chi connectivity index (χ1v) is 9.30. The van der Waals surface area contributed by atoms with E-state index in [1.807, 2.05) is 0 Å². The van der Waals surface area contributed by atoms with Gasteiger partial charge >= 0.3 is 17.9 Å². The molecular weight excluding hydrogens is 448 g/mol. The van der Waals surface area contributed by atoms with E-state index in [1.165, 1.54) is 51.7 Å². The highest BCUT2D eigenvalue weighted by Gasteiger charge is 2.18. The Labute approximate surface area is 187 Å². The first-order valence-electron chi connectivity index (χ1n) is 8.52. The fraction of sp³-hybridized carbons (Fsp3) is 0.150. The van der Waals surface area contributed by atoms with E-state index in [1.54, 1.807) is 6.07 Å². The second kappa shape index (κ2) is 10.5. The highest BCUT2D eigenvalue weighted by molar-refractivity contribution is 7.80. The molecule has 2 rings (SSSR count). The number of anilines is 1. The third-order valence-electron chi connectivity index (χ3n) is 3.89. The van der Waals surface area contributed by atoms with E-state index in [4.69, 9.17) is 23.8 Å². The Bertz CT molecular complexity index is 1040. The SMILES string of the molecule is COC(=O)c1cc(C(=O)NC(=S)Nc2ccc(Cl)c(C(=O)OC)c2)cc(C(=O)OC)c1. The van der Waals surface area contributed by atoms with Crippen molar-refractivity contribution in [1.82, 2.24) is 5.32 Å². The minimum Gasteiger partial charge on any atom is -0.465 e. The molecule has 162 valence electrons. The van der Waals surface area contributed by atoms with Crippen molar-refractivity contribution in [2.45, 2.75) is 0 Å². The minimum absolute atomic E-state index is 0.0187. The first kappa shape index (κ1) is 23.8. The lowest BCUT2D eigenvalue weighted by Gasteiger charge is -2.12. The molecule has 0 aromatic heterocycles. The number of methoxy groups -OCH3 is 3. The number of nitrogens with one attached hydrogen (secondary N) is 2. The van der Waals surface area contributed by atoms with Gasteiger partial charge in [0.2, 0.25) is 0 Å². The van der Waals surface area contributed by atoms with Gasteiger partial charge in [0.25, 0.3) is 5.91 Å². The lowest BCUT2D eigenvalue weighted by atomic mass is 10.0. The molecule has 11 heteroatoms. The minimum atomic E-state index is -0.739. The number of esters is 3. The van der Waals surface area contributed by atoms with Crippen molar-refractivity contribution in [3.05, 3.63) is 63.7 Å². The van der Waals surface area contributed by atoms with Gasteiger partial charge in [-0.15, -0.1) is 0 Å². The van der Waals surface area contributed by atoms with E-state index in [0.29, 0.717) is 5.69 Å². The Balaban J connectivity index is 2.23. The van der Waals surface area contributed by atoms with Crippen LogP contribution in [0.25, 0.3) is 0 Å². The number of amides is 1. The van der Waals surface area contributed by atoms with E-state index < -0.39 is 23.8 Å². The van der Waals surface area contributed by atoms with E-state index in [2.05, 4.69) is 24.8 Å². The zero-order valence-corrected chi connectivity index (χ0v) is 18.2. The van der Waals surface area contributed by atoms with E-state index in [0.717, 1.165) is 0 Å². The number of hydrogen-bond donors (Lipinski definition) is 2. The van der Waals surface area contributed by atoms with Crippen molar-refractivity contribution >= 4 is 58.4 Å². The first-order chi connectivity index (χ1) is 14.7. The Kier molecular flexibility index (Phi) is 8.06. The summed E-state index contributed by atoms with van der Waals surface area (Å²) < 4.78 is 13.9. The summed E-state index contributed by atoms with van der Waals surface area (Å²) in [6.07, 6.45) is 0. The van der Waals surface area contributed by atoms with Crippen LogP contribution in [0.15, 0.2) is 36.4 Å². The number of rotatable bonds is 5. The third kappa shape index (κ3) is 6.00. The van der Waals surface area contributed by atoms with Crippen LogP contribution in [0, 0.1) is 0 Å². The molecular formula is C20H17ClN2O7S. The fourth-order valence-corrected chi connectivity index (χ4v) is 2.84. The molecule has 31 heavy (non-hydrogen) atoms. The number of ether oxygens (including phenoxy) is 3. The van der Waals surface area contributed by atoms with E-state index >= 15 is 0 Å². The van der Waals surface area contributed by atoms with Crippen LogP contribution in [-0.2, 0) is 14.2 Å². The van der Waals surface area contributed by atoms with Gasteiger partial charge in [-0.1, -0.05) is 11.6 Å². The van der Waals surface area contributed by atoms with Crippen LogP contribution in [-0.4, -0.2) is 50.3 Å². The summed E-state index contributed by atoms with van der Waals surface area (Å²) in [5.41, 5.74) is 0.411. The maximum atomic E-state index is 12.6. The average Bonchev–Trinajstić information content (AvgIpc) is 2.78. The smallest absolute Gasteiger partial charge is 0.339 e.